The molecular formula is C20H24N2O2. The van der Waals surface area contributed by atoms with Crippen molar-refractivity contribution >= 4 is 5.91 Å². The molecule has 0 unspecified atom stereocenters. The summed E-state index contributed by atoms with van der Waals surface area (Å²) in [7, 11) is 0. The number of aryl methyl sites for hydroxylation is 1. The van der Waals surface area contributed by atoms with Gasteiger partial charge in [-0.05, 0) is 61.6 Å². The van der Waals surface area contributed by atoms with Gasteiger partial charge in [0.1, 0.15) is 5.75 Å². The molecule has 0 saturated heterocycles. The predicted molar refractivity (Wildman–Crippen MR) is 93.7 cm³/mol. The van der Waals surface area contributed by atoms with Gasteiger partial charge in [-0.25, -0.2) is 0 Å². The van der Waals surface area contributed by atoms with Crippen LogP contribution in [0.2, 0.25) is 0 Å². The van der Waals surface area contributed by atoms with Crippen molar-refractivity contribution < 1.29 is 9.53 Å². The first-order valence-corrected chi connectivity index (χ1v) is 8.60. The van der Waals surface area contributed by atoms with Crippen molar-refractivity contribution in [3.8, 4) is 5.75 Å². The monoisotopic (exact) mass is 324 g/mol. The average Bonchev–Trinajstić information content (AvgIpc) is 3.42. The van der Waals surface area contributed by atoms with E-state index in [0.29, 0.717) is 25.6 Å². The third-order valence-electron chi connectivity index (χ3n) is 4.20. The maximum atomic E-state index is 12.5. The van der Waals surface area contributed by atoms with Gasteiger partial charge in [-0.3, -0.25) is 9.78 Å². The maximum absolute atomic E-state index is 12.5. The van der Waals surface area contributed by atoms with Crippen LogP contribution in [0.4, 0.5) is 0 Å². The number of amides is 1. The fourth-order valence-electron chi connectivity index (χ4n) is 2.75. The Kier molecular flexibility index (Phi) is 5.47. The van der Waals surface area contributed by atoms with Crippen molar-refractivity contribution in [1.29, 1.82) is 0 Å². The Hall–Kier alpha value is -2.36. The lowest BCUT2D eigenvalue weighted by Crippen LogP contribution is -2.32. The van der Waals surface area contributed by atoms with Crippen LogP contribution < -0.4 is 4.74 Å². The van der Waals surface area contributed by atoms with Crippen molar-refractivity contribution in [3.05, 3.63) is 59.9 Å². The zero-order valence-electron chi connectivity index (χ0n) is 14.1. The zero-order chi connectivity index (χ0) is 16.8. The Labute approximate surface area is 143 Å². The van der Waals surface area contributed by atoms with Crippen LogP contribution in [-0.2, 0) is 11.3 Å². The average molecular weight is 324 g/mol. The summed E-state index contributed by atoms with van der Waals surface area (Å²) in [5.74, 6) is 1.10. The molecule has 1 fully saturated rings. The second kappa shape index (κ2) is 7.95. The molecule has 24 heavy (non-hydrogen) atoms. The number of aromatic nitrogens is 1. The highest BCUT2D eigenvalue weighted by Crippen LogP contribution is 2.29. The molecule has 1 heterocycles. The van der Waals surface area contributed by atoms with E-state index in [9.17, 15) is 4.79 Å². The third-order valence-corrected chi connectivity index (χ3v) is 4.20. The number of nitrogens with zero attached hydrogens (tertiary/aromatic N) is 2. The molecule has 1 aliphatic carbocycles. The molecule has 4 heteroatoms. The first kappa shape index (κ1) is 16.5. The summed E-state index contributed by atoms with van der Waals surface area (Å²) in [6, 6.07) is 12.4. The summed E-state index contributed by atoms with van der Waals surface area (Å²) < 4.78 is 5.73. The topological polar surface area (TPSA) is 42.4 Å². The molecule has 0 N–H and O–H groups in total. The molecule has 0 bridgehead atoms. The molecule has 1 aromatic carbocycles. The lowest BCUT2D eigenvalue weighted by Gasteiger charge is -2.22. The van der Waals surface area contributed by atoms with E-state index in [0.717, 1.165) is 30.6 Å². The Morgan fingerprint density at radius 3 is 2.75 bits per heavy atom. The fraction of sp³-hybridized carbons (Fsp3) is 0.400. The predicted octanol–water partition coefficient (Wildman–Crippen LogP) is 3.74. The molecule has 126 valence electrons. The Morgan fingerprint density at radius 1 is 1.25 bits per heavy atom. The van der Waals surface area contributed by atoms with Crippen LogP contribution in [0.5, 0.6) is 5.75 Å². The summed E-state index contributed by atoms with van der Waals surface area (Å²) in [6.45, 7) is 3.30. The van der Waals surface area contributed by atoms with Gasteiger partial charge in [0.2, 0.25) is 5.91 Å². The van der Waals surface area contributed by atoms with Crippen LogP contribution in [0.15, 0.2) is 48.8 Å². The first-order valence-electron chi connectivity index (χ1n) is 8.60. The van der Waals surface area contributed by atoms with Crippen LogP contribution in [0.3, 0.4) is 0 Å². The number of benzene rings is 1. The smallest absolute Gasteiger partial charge is 0.223 e. The zero-order valence-corrected chi connectivity index (χ0v) is 14.1. The summed E-state index contributed by atoms with van der Waals surface area (Å²) in [5, 5.41) is 0. The number of ether oxygens (including phenoxy) is 1. The summed E-state index contributed by atoms with van der Waals surface area (Å²) in [5.41, 5.74) is 2.32. The lowest BCUT2D eigenvalue weighted by atomic mass is 10.2. The normalized spacial score (nSPS) is 13.5. The number of hydrogen-bond acceptors (Lipinski definition) is 3. The summed E-state index contributed by atoms with van der Waals surface area (Å²) in [4.78, 5) is 18.6. The van der Waals surface area contributed by atoms with E-state index < -0.39 is 0 Å². The van der Waals surface area contributed by atoms with Gasteiger partial charge < -0.3 is 9.64 Å². The summed E-state index contributed by atoms with van der Waals surface area (Å²) in [6.07, 6.45) is 7.08. The second-order valence-electron chi connectivity index (χ2n) is 6.38. The van der Waals surface area contributed by atoms with Crippen LogP contribution >= 0.6 is 0 Å². The van der Waals surface area contributed by atoms with Crippen molar-refractivity contribution in [2.75, 3.05) is 6.61 Å². The van der Waals surface area contributed by atoms with Crippen molar-refractivity contribution in [2.45, 2.75) is 45.2 Å². The Balaban J connectivity index is 1.46. The molecule has 1 aliphatic rings. The van der Waals surface area contributed by atoms with Crippen molar-refractivity contribution in [3.63, 3.8) is 0 Å². The van der Waals surface area contributed by atoms with E-state index in [1.165, 1.54) is 5.56 Å². The second-order valence-corrected chi connectivity index (χ2v) is 6.38. The van der Waals surface area contributed by atoms with Crippen LogP contribution in [0.1, 0.15) is 36.8 Å². The number of hydrogen-bond donors (Lipinski definition) is 0. The molecule has 0 spiro atoms. The number of carbonyl (C=O) groups excluding carboxylic acids is 1. The number of rotatable bonds is 8. The minimum Gasteiger partial charge on any atom is -0.494 e. The van der Waals surface area contributed by atoms with E-state index in [-0.39, 0.29) is 5.91 Å². The van der Waals surface area contributed by atoms with Gasteiger partial charge in [0.25, 0.3) is 0 Å². The van der Waals surface area contributed by atoms with E-state index in [1.54, 1.807) is 12.4 Å². The van der Waals surface area contributed by atoms with E-state index >= 15 is 0 Å². The third kappa shape index (κ3) is 4.82. The Morgan fingerprint density at radius 2 is 2.04 bits per heavy atom. The fourth-order valence-corrected chi connectivity index (χ4v) is 2.75. The minimum atomic E-state index is 0.224. The highest BCUT2D eigenvalue weighted by molar-refractivity contribution is 5.76. The quantitative estimate of drug-likeness (QED) is 0.695. The SMILES string of the molecule is Cc1cccc(OCCCC(=O)N(Cc2ccncc2)C2CC2)c1. The highest BCUT2D eigenvalue weighted by Gasteiger charge is 2.32. The number of carbonyl (C=O) groups is 1. The number of pyridine rings is 1. The van der Waals surface area contributed by atoms with E-state index in [1.807, 2.05) is 48.2 Å². The minimum absolute atomic E-state index is 0.224. The maximum Gasteiger partial charge on any atom is 0.223 e. The highest BCUT2D eigenvalue weighted by atomic mass is 16.5. The molecule has 0 atom stereocenters. The van der Waals surface area contributed by atoms with Gasteiger partial charge in [0.15, 0.2) is 0 Å². The molecule has 0 radical (unpaired) electrons. The summed E-state index contributed by atoms with van der Waals surface area (Å²) >= 11 is 0. The van der Waals surface area contributed by atoms with Gasteiger partial charge in [-0.2, -0.15) is 0 Å². The van der Waals surface area contributed by atoms with E-state index in [2.05, 4.69) is 4.98 Å². The molecule has 3 rings (SSSR count). The molecule has 0 aliphatic heterocycles. The van der Waals surface area contributed by atoms with Gasteiger partial charge in [-0.1, -0.05) is 12.1 Å². The van der Waals surface area contributed by atoms with E-state index in [4.69, 9.17) is 4.74 Å². The molecule has 1 aromatic heterocycles. The van der Waals surface area contributed by atoms with Crippen molar-refractivity contribution in [2.24, 2.45) is 0 Å². The van der Waals surface area contributed by atoms with Crippen LogP contribution in [-0.4, -0.2) is 28.4 Å². The largest absolute Gasteiger partial charge is 0.494 e. The van der Waals surface area contributed by atoms with Gasteiger partial charge in [-0.15, -0.1) is 0 Å². The molecule has 4 nitrogen and oxygen atoms in total. The van der Waals surface area contributed by atoms with Gasteiger partial charge in [0, 0.05) is 31.4 Å². The molecule has 1 amide bonds. The lowest BCUT2D eigenvalue weighted by molar-refractivity contribution is -0.132. The molecular weight excluding hydrogens is 300 g/mol. The van der Waals surface area contributed by atoms with Crippen molar-refractivity contribution in [1.82, 2.24) is 9.88 Å². The standard InChI is InChI=1S/C20H24N2O2/c1-16-4-2-5-19(14-16)24-13-3-6-20(23)22(18-7-8-18)15-17-9-11-21-12-10-17/h2,4-5,9-12,14,18H,3,6-8,13,15H2,1H3. The molecule has 2 aromatic rings. The van der Waals surface area contributed by atoms with Gasteiger partial charge >= 0.3 is 0 Å². The Bertz CT molecular complexity index is 668. The van der Waals surface area contributed by atoms with Crippen LogP contribution in [0, 0.1) is 6.92 Å². The van der Waals surface area contributed by atoms with Gasteiger partial charge in [0.05, 0.1) is 6.61 Å². The first-order chi connectivity index (χ1) is 11.7. The molecule has 1 saturated carbocycles. The van der Waals surface area contributed by atoms with Crippen LogP contribution in [0.25, 0.3) is 0 Å².